The van der Waals surface area contributed by atoms with E-state index in [0.29, 0.717) is 17.5 Å². The van der Waals surface area contributed by atoms with Crippen molar-refractivity contribution in [2.45, 2.75) is 52.5 Å². The van der Waals surface area contributed by atoms with Crippen molar-refractivity contribution in [1.82, 2.24) is 9.47 Å². The summed E-state index contributed by atoms with van der Waals surface area (Å²) in [6.07, 6.45) is 6.93. The molecule has 5 rings (SSSR count). The predicted molar refractivity (Wildman–Crippen MR) is 148 cm³/mol. The maximum Gasteiger partial charge on any atom is 0.253 e. The van der Waals surface area contributed by atoms with Crippen LogP contribution in [-0.4, -0.2) is 28.5 Å². The molecule has 1 aliphatic heterocycles. The second-order valence-electron chi connectivity index (χ2n) is 9.96. The van der Waals surface area contributed by atoms with Crippen LogP contribution in [0.2, 0.25) is 0 Å². The third-order valence-electron chi connectivity index (χ3n) is 7.36. The molecule has 1 aliphatic rings. The number of aryl methyl sites for hydroxylation is 2. The fourth-order valence-corrected chi connectivity index (χ4v) is 5.25. The van der Waals surface area contributed by atoms with Gasteiger partial charge >= 0.3 is 0 Å². The molecule has 4 nitrogen and oxygen atoms in total. The van der Waals surface area contributed by atoms with E-state index in [0.717, 1.165) is 61.8 Å². The zero-order chi connectivity index (χ0) is 25.1. The summed E-state index contributed by atoms with van der Waals surface area (Å²) in [4.78, 5) is 28.3. The highest BCUT2D eigenvalue weighted by Crippen LogP contribution is 2.25. The lowest BCUT2D eigenvalue weighted by molar-refractivity contribution is 0.0793. The first-order valence-electron chi connectivity index (χ1n) is 13.2. The van der Waals surface area contributed by atoms with Crippen molar-refractivity contribution in [2.24, 2.45) is 0 Å². The average molecular weight is 479 g/mol. The largest absolute Gasteiger partial charge is 0.343 e. The first kappa shape index (κ1) is 24.1. The number of hydrogen-bond acceptors (Lipinski definition) is 2. The number of nitrogens with zero attached hydrogens (tertiary/aromatic N) is 2. The van der Waals surface area contributed by atoms with E-state index in [1.54, 1.807) is 0 Å². The third kappa shape index (κ3) is 4.86. The van der Waals surface area contributed by atoms with E-state index in [9.17, 15) is 9.59 Å². The van der Waals surface area contributed by atoms with Gasteiger partial charge < -0.3 is 9.47 Å². The van der Waals surface area contributed by atoms with Gasteiger partial charge in [-0.3, -0.25) is 9.59 Å². The number of unbranched alkanes of at least 4 members (excludes halogenated alkanes) is 1. The minimum Gasteiger partial charge on any atom is -0.343 e. The summed E-state index contributed by atoms with van der Waals surface area (Å²) >= 11 is 0. The molecule has 0 bridgehead atoms. The normalized spacial score (nSPS) is 13.4. The summed E-state index contributed by atoms with van der Waals surface area (Å²) < 4.78 is 2.16. The van der Waals surface area contributed by atoms with Gasteiger partial charge in [0.15, 0.2) is 5.43 Å². The summed E-state index contributed by atoms with van der Waals surface area (Å²) in [6.45, 7) is 6.55. The molecule has 1 saturated heterocycles. The van der Waals surface area contributed by atoms with E-state index in [1.807, 2.05) is 29.3 Å². The molecule has 0 atom stereocenters. The summed E-state index contributed by atoms with van der Waals surface area (Å²) in [5.41, 5.74) is 7.28. The smallest absolute Gasteiger partial charge is 0.253 e. The lowest BCUT2D eigenvalue weighted by Crippen LogP contribution is -2.27. The van der Waals surface area contributed by atoms with Crippen LogP contribution < -0.4 is 5.43 Å². The van der Waals surface area contributed by atoms with Crippen LogP contribution in [0.3, 0.4) is 0 Å². The zero-order valence-electron chi connectivity index (χ0n) is 21.3. The number of carbonyl (C=O) groups is 1. The van der Waals surface area contributed by atoms with Gasteiger partial charge in [0.1, 0.15) is 0 Å². The lowest BCUT2D eigenvalue weighted by atomic mass is 9.99. The van der Waals surface area contributed by atoms with E-state index in [2.05, 4.69) is 66.9 Å². The van der Waals surface area contributed by atoms with Crippen molar-refractivity contribution in [1.29, 1.82) is 0 Å². The van der Waals surface area contributed by atoms with Crippen LogP contribution in [-0.2, 0) is 13.0 Å². The van der Waals surface area contributed by atoms with E-state index in [-0.39, 0.29) is 11.3 Å². The van der Waals surface area contributed by atoms with Gasteiger partial charge in [-0.2, -0.15) is 0 Å². The maximum atomic E-state index is 13.3. The minimum absolute atomic E-state index is 0.0612. The number of carbonyl (C=O) groups excluding carboxylic acids is 1. The maximum absolute atomic E-state index is 13.3. The molecule has 3 aromatic carbocycles. The second-order valence-corrected chi connectivity index (χ2v) is 9.96. The molecule has 1 aromatic heterocycles. The Bertz CT molecular complexity index is 1440. The van der Waals surface area contributed by atoms with Crippen LogP contribution >= 0.6 is 0 Å². The van der Waals surface area contributed by atoms with Crippen LogP contribution in [0.1, 0.15) is 59.7 Å². The van der Waals surface area contributed by atoms with E-state index in [1.165, 1.54) is 16.7 Å². The number of pyridine rings is 1. The highest BCUT2D eigenvalue weighted by Gasteiger charge is 2.20. The molecule has 1 amide bonds. The van der Waals surface area contributed by atoms with Gasteiger partial charge in [0.25, 0.3) is 5.91 Å². The molecule has 4 aromatic rings. The van der Waals surface area contributed by atoms with Crippen LogP contribution in [0.5, 0.6) is 0 Å². The highest BCUT2D eigenvalue weighted by molar-refractivity contribution is 5.98. The molecule has 0 aliphatic carbocycles. The van der Waals surface area contributed by atoms with Gasteiger partial charge in [-0.05, 0) is 73.1 Å². The molecule has 0 N–H and O–H groups in total. The Morgan fingerprint density at radius 3 is 2.42 bits per heavy atom. The summed E-state index contributed by atoms with van der Waals surface area (Å²) in [5.74, 6) is 0.0612. The van der Waals surface area contributed by atoms with Gasteiger partial charge in [0, 0.05) is 42.3 Å². The summed E-state index contributed by atoms with van der Waals surface area (Å²) in [7, 11) is 0. The van der Waals surface area contributed by atoms with Crippen molar-refractivity contribution in [3.63, 3.8) is 0 Å². The Morgan fingerprint density at radius 2 is 1.69 bits per heavy atom. The molecule has 0 spiro atoms. The molecular formula is C32H34N2O2. The molecule has 184 valence electrons. The Morgan fingerprint density at radius 1 is 0.944 bits per heavy atom. The number of aromatic nitrogens is 1. The topological polar surface area (TPSA) is 42.3 Å². The Balaban J connectivity index is 1.53. The van der Waals surface area contributed by atoms with Crippen molar-refractivity contribution in [3.05, 3.63) is 105 Å². The standard InChI is InChI=1S/C32H34N2O2/c1-3-4-10-27-22-34(21-24-12-14-25(15-13-24)28-11-6-5-9-23(28)2)30-20-26(16-17-29(30)31(27)35)32(36)33-18-7-8-19-33/h5-6,9,11-17,20,22H,3-4,7-8,10,18-19,21H2,1-2H3. The molecule has 0 unspecified atom stereocenters. The first-order chi connectivity index (χ1) is 17.5. The first-order valence-corrected chi connectivity index (χ1v) is 13.2. The van der Waals surface area contributed by atoms with Gasteiger partial charge in [-0.15, -0.1) is 0 Å². The number of amides is 1. The third-order valence-corrected chi connectivity index (χ3v) is 7.36. The Labute approximate surface area is 213 Å². The van der Waals surface area contributed by atoms with E-state index in [4.69, 9.17) is 0 Å². The van der Waals surface area contributed by atoms with E-state index < -0.39 is 0 Å². The quantitative estimate of drug-likeness (QED) is 0.300. The van der Waals surface area contributed by atoms with Gasteiger partial charge in [0.2, 0.25) is 0 Å². The minimum atomic E-state index is 0.0612. The Kier molecular flexibility index (Phi) is 7.04. The van der Waals surface area contributed by atoms with Crippen molar-refractivity contribution in [2.75, 3.05) is 13.1 Å². The fraction of sp³-hybridized carbons (Fsp3) is 0.312. The number of fused-ring (bicyclic) bond motifs is 1. The van der Waals surface area contributed by atoms with Crippen LogP contribution in [0.25, 0.3) is 22.0 Å². The molecule has 1 fully saturated rings. The van der Waals surface area contributed by atoms with Crippen molar-refractivity contribution < 1.29 is 4.79 Å². The van der Waals surface area contributed by atoms with Gasteiger partial charge in [-0.25, -0.2) is 0 Å². The second kappa shape index (κ2) is 10.5. The number of likely N-dealkylation sites (tertiary alicyclic amines) is 1. The number of benzene rings is 3. The summed E-state index contributed by atoms with van der Waals surface area (Å²) in [5, 5.41) is 0.693. The van der Waals surface area contributed by atoms with Crippen LogP contribution in [0, 0.1) is 6.92 Å². The lowest BCUT2D eigenvalue weighted by Gasteiger charge is -2.18. The van der Waals surface area contributed by atoms with Crippen molar-refractivity contribution >= 4 is 16.8 Å². The molecule has 0 saturated carbocycles. The van der Waals surface area contributed by atoms with Gasteiger partial charge in [0.05, 0.1) is 5.52 Å². The monoisotopic (exact) mass is 478 g/mol. The Hall–Kier alpha value is -3.66. The zero-order valence-corrected chi connectivity index (χ0v) is 21.3. The summed E-state index contributed by atoms with van der Waals surface area (Å²) in [6, 6.07) is 22.7. The van der Waals surface area contributed by atoms with Crippen molar-refractivity contribution in [3.8, 4) is 11.1 Å². The molecule has 2 heterocycles. The van der Waals surface area contributed by atoms with Crippen LogP contribution in [0.15, 0.2) is 77.7 Å². The SMILES string of the molecule is CCCCc1cn(Cc2ccc(-c3ccccc3C)cc2)c2cc(C(=O)N3CCCC3)ccc2c1=O. The molecule has 0 radical (unpaired) electrons. The molecule has 4 heteroatoms. The number of rotatable bonds is 7. The van der Waals surface area contributed by atoms with Gasteiger partial charge in [-0.1, -0.05) is 61.9 Å². The molecular weight excluding hydrogens is 444 g/mol. The highest BCUT2D eigenvalue weighted by atomic mass is 16.2. The van der Waals surface area contributed by atoms with E-state index >= 15 is 0 Å². The predicted octanol–water partition coefficient (Wildman–Crippen LogP) is 6.60. The molecule has 36 heavy (non-hydrogen) atoms. The average Bonchev–Trinajstić information content (AvgIpc) is 3.45. The number of hydrogen-bond donors (Lipinski definition) is 0. The van der Waals surface area contributed by atoms with Crippen LogP contribution in [0.4, 0.5) is 0 Å². The fourth-order valence-electron chi connectivity index (χ4n) is 5.25.